The first-order valence-corrected chi connectivity index (χ1v) is 10.1. The molecule has 0 radical (unpaired) electrons. The van der Waals surface area contributed by atoms with Gasteiger partial charge >= 0.3 is 0 Å². The van der Waals surface area contributed by atoms with Gasteiger partial charge in [0.25, 0.3) is 0 Å². The van der Waals surface area contributed by atoms with Crippen LogP contribution in [0.3, 0.4) is 0 Å². The van der Waals surface area contributed by atoms with Gasteiger partial charge in [0.15, 0.2) is 0 Å². The lowest BCUT2D eigenvalue weighted by Crippen LogP contribution is -2.67. The Morgan fingerprint density at radius 3 is 2.72 bits per heavy atom. The first-order chi connectivity index (χ1) is 12.4. The molecule has 0 bridgehead atoms. The van der Waals surface area contributed by atoms with E-state index in [2.05, 4.69) is 34.5 Å². The molecule has 3 unspecified atom stereocenters. The van der Waals surface area contributed by atoms with E-state index in [0.717, 1.165) is 45.4 Å². The van der Waals surface area contributed by atoms with Crippen molar-refractivity contribution in [3.8, 4) is 0 Å². The van der Waals surface area contributed by atoms with E-state index in [1.54, 1.807) is 0 Å². The molecule has 1 N–H and O–H groups in total. The van der Waals surface area contributed by atoms with Gasteiger partial charge < -0.3 is 19.7 Å². The van der Waals surface area contributed by atoms with Crippen LogP contribution in [0.2, 0.25) is 0 Å². The number of nitrogens with one attached hydrogen (secondary N) is 1. The Labute approximate surface area is 150 Å². The molecule has 25 heavy (non-hydrogen) atoms. The van der Waals surface area contributed by atoms with Crippen molar-refractivity contribution in [2.24, 2.45) is 11.3 Å². The summed E-state index contributed by atoms with van der Waals surface area (Å²) in [4.78, 5) is 2.48. The molecule has 5 rings (SSSR count). The fourth-order valence-electron chi connectivity index (χ4n) is 6.00. The summed E-state index contributed by atoms with van der Waals surface area (Å²) in [5.74, 6) is 0.744. The fourth-order valence-corrected chi connectivity index (χ4v) is 6.00. The van der Waals surface area contributed by atoms with Crippen molar-refractivity contribution in [2.45, 2.75) is 50.8 Å². The van der Waals surface area contributed by atoms with E-state index >= 15 is 0 Å². The molecule has 3 atom stereocenters. The van der Waals surface area contributed by atoms with Crippen molar-refractivity contribution in [2.75, 3.05) is 37.8 Å². The highest BCUT2D eigenvalue weighted by molar-refractivity contribution is 5.54. The molecular formula is C21H30N2O2. The van der Waals surface area contributed by atoms with E-state index in [4.69, 9.17) is 9.47 Å². The molecular weight excluding hydrogens is 312 g/mol. The maximum absolute atomic E-state index is 6.13. The Morgan fingerprint density at radius 1 is 1.08 bits per heavy atom. The number of ether oxygens (including phenoxy) is 2. The molecule has 2 saturated carbocycles. The SMILES string of the molecule is c1ccc(N2CCOCC2)c(CNC2C3CCOC3C23CCCC3)c1. The van der Waals surface area contributed by atoms with E-state index in [0.29, 0.717) is 17.6 Å². The van der Waals surface area contributed by atoms with Crippen LogP contribution in [0, 0.1) is 11.3 Å². The normalized spacial score (nSPS) is 33.4. The van der Waals surface area contributed by atoms with Gasteiger partial charge in [0, 0.05) is 49.3 Å². The number of hydrogen-bond acceptors (Lipinski definition) is 4. The van der Waals surface area contributed by atoms with E-state index in [-0.39, 0.29) is 0 Å². The molecule has 4 aliphatic rings. The molecule has 0 aromatic heterocycles. The summed E-state index contributed by atoms with van der Waals surface area (Å²) in [5, 5.41) is 3.98. The van der Waals surface area contributed by atoms with Crippen molar-refractivity contribution in [1.82, 2.24) is 5.32 Å². The summed E-state index contributed by atoms with van der Waals surface area (Å²) in [6, 6.07) is 9.56. The first-order valence-electron chi connectivity index (χ1n) is 10.1. The summed E-state index contributed by atoms with van der Waals surface area (Å²) in [6.07, 6.45) is 7.27. The van der Waals surface area contributed by atoms with Gasteiger partial charge in [-0.25, -0.2) is 0 Å². The van der Waals surface area contributed by atoms with Crippen molar-refractivity contribution in [3.05, 3.63) is 29.8 Å². The van der Waals surface area contributed by atoms with E-state index in [1.807, 2.05) is 0 Å². The minimum absolute atomic E-state index is 0.440. The molecule has 2 aliphatic heterocycles. The van der Waals surface area contributed by atoms with Gasteiger partial charge in [-0.05, 0) is 30.9 Å². The van der Waals surface area contributed by atoms with Gasteiger partial charge in [-0.3, -0.25) is 0 Å². The monoisotopic (exact) mass is 342 g/mol. The molecule has 4 nitrogen and oxygen atoms in total. The molecule has 0 amide bonds. The third-order valence-corrected chi connectivity index (χ3v) is 7.14. The molecule has 2 saturated heterocycles. The second kappa shape index (κ2) is 6.57. The van der Waals surface area contributed by atoms with Gasteiger partial charge in [-0.2, -0.15) is 0 Å². The lowest BCUT2D eigenvalue weighted by molar-refractivity contribution is -0.130. The van der Waals surface area contributed by atoms with Crippen LogP contribution >= 0.6 is 0 Å². The minimum Gasteiger partial charge on any atom is -0.378 e. The summed E-state index contributed by atoms with van der Waals surface area (Å²) >= 11 is 0. The third kappa shape index (κ3) is 2.61. The zero-order valence-corrected chi connectivity index (χ0v) is 15.1. The Morgan fingerprint density at radius 2 is 1.88 bits per heavy atom. The largest absolute Gasteiger partial charge is 0.378 e. The van der Waals surface area contributed by atoms with Gasteiger partial charge in [-0.15, -0.1) is 0 Å². The number of anilines is 1. The average molecular weight is 342 g/mol. The van der Waals surface area contributed by atoms with Crippen LogP contribution in [-0.4, -0.2) is 45.1 Å². The Bertz CT molecular complexity index is 608. The summed E-state index contributed by atoms with van der Waals surface area (Å²) in [7, 11) is 0. The van der Waals surface area contributed by atoms with Gasteiger partial charge in [0.05, 0.1) is 19.3 Å². The third-order valence-electron chi connectivity index (χ3n) is 7.14. The van der Waals surface area contributed by atoms with E-state index in [9.17, 15) is 0 Å². The smallest absolute Gasteiger partial charge is 0.0690 e. The highest BCUT2D eigenvalue weighted by Crippen LogP contribution is 2.60. The second-order valence-corrected chi connectivity index (χ2v) is 8.27. The zero-order valence-electron chi connectivity index (χ0n) is 15.1. The lowest BCUT2D eigenvalue weighted by atomic mass is 9.54. The topological polar surface area (TPSA) is 33.7 Å². The number of nitrogens with zero attached hydrogens (tertiary/aromatic N) is 1. The van der Waals surface area contributed by atoms with Crippen LogP contribution in [0.1, 0.15) is 37.7 Å². The lowest BCUT2D eigenvalue weighted by Gasteiger charge is -2.57. The quantitative estimate of drug-likeness (QED) is 0.912. The number of rotatable bonds is 4. The number of benzene rings is 1. The molecule has 4 fully saturated rings. The summed E-state index contributed by atoms with van der Waals surface area (Å²) in [6.45, 7) is 5.64. The number of para-hydroxylation sites is 1. The molecule has 2 aliphatic carbocycles. The Balaban J connectivity index is 1.31. The van der Waals surface area contributed by atoms with Crippen LogP contribution < -0.4 is 10.2 Å². The highest BCUT2D eigenvalue weighted by Gasteiger charge is 2.64. The van der Waals surface area contributed by atoms with E-state index in [1.165, 1.54) is 43.4 Å². The zero-order chi connectivity index (χ0) is 16.7. The standard InChI is InChI=1S/C21H30N2O2/c1-2-6-18(23-10-13-24-14-11-23)16(5-1)15-22-19-17-7-12-25-20(17)21(19)8-3-4-9-21/h1-2,5-6,17,19-20,22H,3-4,7-15H2. The molecule has 4 heteroatoms. The summed E-state index contributed by atoms with van der Waals surface area (Å²) < 4.78 is 11.7. The van der Waals surface area contributed by atoms with Crippen LogP contribution in [-0.2, 0) is 16.0 Å². The maximum Gasteiger partial charge on any atom is 0.0690 e. The average Bonchev–Trinajstić information content (AvgIpc) is 3.32. The van der Waals surface area contributed by atoms with Crippen LogP contribution in [0.5, 0.6) is 0 Å². The van der Waals surface area contributed by atoms with E-state index < -0.39 is 0 Å². The molecule has 2 heterocycles. The van der Waals surface area contributed by atoms with Crippen LogP contribution in [0.15, 0.2) is 24.3 Å². The Hall–Kier alpha value is -1.10. The van der Waals surface area contributed by atoms with Gasteiger partial charge in [-0.1, -0.05) is 31.0 Å². The molecule has 136 valence electrons. The Kier molecular flexibility index (Phi) is 4.23. The highest BCUT2D eigenvalue weighted by atomic mass is 16.5. The maximum atomic E-state index is 6.13. The fraction of sp³-hybridized carbons (Fsp3) is 0.714. The van der Waals surface area contributed by atoms with Gasteiger partial charge in [0.2, 0.25) is 0 Å². The number of fused-ring (bicyclic) bond motifs is 2. The van der Waals surface area contributed by atoms with Crippen molar-refractivity contribution in [3.63, 3.8) is 0 Å². The first kappa shape index (κ1) is 16.1. The summed E-state index contributed by atoms with van der Waals surface area (Å²) in [5.41, 5.74) is 3.26. The molecule has 1 spiro atoms. The number of hydrogen-bond donors (Lipinski definition) is 1. The van der Waals surface area contributed by atoms with Crippen LogP contribution in [0.4, 0.5) is 5.69 Å². The van der Waals surface area contributed by atoms with Crippen molar-refractivity contribution in [1.29, 1.82) is 0 Å². The second-order valence-electron chi connectivity index (χ2n) is 8.27. The minimum atomic E-state index is 0.440. The van der Waals surface area contributed by atoms with Crippen LogP contribution in [0.25, 0.3) is 0 Å². The van der Waals surface area contributed by atoms with Crippen molar-refractivity contribution < 1.29 is 9.47 Å². The van der Waals surface area contributed by atoms with Gasteiger partial charge in [0.1, 0.15) is 0 Å². The molecule has 1 aromatic rings. The molecule has 1 aromatic carbocycles. The van der Waals surface area contributed by atoms with Crippen molar-refractivity contribution >= 4 is 5.69 Å². The predicted molar refractivity (Wildman–Crippen MR) is 98.8 cm³/mol. The predicted octanol–water partition coefficient (Wildman–Crippen LogP) is 2.96. The number of morpholine rings is 1.